The van der Waals surface area contributed by atoms with Crippen LogP contribution >= 0.6 is 0 Å². The maximum atomic E-state index is 12.3. The van der Waals surface area contributed by atoms with E-state index in [0.717, 1.165) is 4.90 Å². The van der Waals surface area contributed by atoms with Crippen molar-refractivity contribution in [3.8, 4) is 11.5 Å². The molecule has 0 radical (unpaired) electrons. The van der Waals surface area contributed by atoms with Crippen LogP contribution < -0.4 is 20.1 Å². The van der Waals surface area contributed by atoms with Crippen LogP contribution in [0.5, 0.6) is 11.5 Å². The number of imide groups is 1. The van der Waals surface area contributed by atoms with Gasteiger partial charge in [0.15, 0.2) is 17.6 Å². The quantitative estimate of drug-likeness (QED) is 0.558. The molecule has 0 aromatic heterocycles. The number of fused-ring (bicyclic) bond motifs is 1. The van der Waals surface area contributed by atoms with Crippen LogP contribution in [0.4, 0.5) is 10.5 Å². The van der Waals surface area contributed by atoms with Crippen molar-refractivity contribution in [2.24, 2.45) is 0 Å². The van der Waals surface area contributed by atoms with Crippen molar-refractivity contribution in [2.45, 2.75) is 32.4 Å². The second-order valence-electron chi connectivity index (χ2n) is 6.93. The van der Waals surface area contributed by atoms with Crippen molar-refractivity contribution in [1.29, 1.82) is 0 Å². The van der Waals surface area contributed by atoms with Crippen LogP contribution in [0, 0.1) is 0 Å². The van der Waals surface area contributed by atoms with Crippen LogP contribution in [-0.2, 0) is 19.1 Å². The predicted octanol–water partition coefficient (Wildman–Crippen LogP) is 0.658. The molecular formula is C18H21N3O7. The Morgan fingerprint density at radius 1 is 1.25 bits per heavy atom. The van der Waals surface area contributed by atoms with Gasteiger partial charge in [0.25, 0.3) is 11.8 Å². The number of benzene rings is 1. The number of nitrogens with zero attached hydrogens (tertiary/aromatic N) is 1. The van der Waals surface area contributed by atoms with E-state index >= 15 is 0 Å². The first-order chi connectivity index (χ1) is 13.2. The lowest BCUT2D eigenvalue weighted by Crippen LogP contribution is -2.42. The molecule has 28 heavy (non-hydrogen) atoms. The fraction of sp³-hybridized carbons (Fsp3) is 0.444. The van der Waals surface area contributed by atoms with Gasteiger partial charge in [0.2, 0.25) is 0 Å². The average molecular weight is 391 g/mol. The first-order valence-electron chi connectivity index (χ1n) is 8.71. The highest BCUT2D eigenvalue weighted by molar-refractivity contribution is 6.08. The number of ether oxygens (including phenoxy) is 3. The van der Waals surface area contributed by atoms with Gasteiger partial charge in [-0.1, -0.05) is 0 Å². The van der Waals surface area contributed by atoms with Crippen LogP contribution in [0.1, 0.15) is 20.8 Å². The third-order valence-corrected chi connectivity index (χ3v) is 4.22. The van der Waals surface area contributed by atoms with Crippen LogP contribution in [-0.4, -0.2) is 60.1 Å². The van der Waals surface area contributed by atoms with Crippen molar-refractivity contribution in [3.05, 3.63) is 18.2 Å². The van der Waals surface area contributed by atoms with Crippen LogP contribution in [0.25, 0.3) is 0 Å². The second kappa shape index (κ2) is 7.37. The average Bonchev–Trinajstić information content (AvgIpc) is 2.83. The van der Waals surface area contributed by atoms with Gasteiger partial charge in [-0.2, -0.15) is 0 Å². The molecule has 10 nitrogen and oxygen atoms in total. The van der Waals surface area contributed by atoms with Gasteiger partial charge < -0.3 is 24.8 Å². The number of hydrogen-bond acceptors (Lipinski definition) is 7. The molecule has 10 heteroatoms. The Morgan fingerprint density at radius 3 is 2.57 bits per heavy atom. The molecule has 0 unspecified atom stereocenters. The Bertz CT molecular complexity index is 836. The topological polar surface area (TPSA) is 123 Å². The fourth-order valence-corrected chi connectivity index (χ4v) is 2.74. The SMILES string of the molecule is C[C@@H](OC(=O)CN1C(=O)NC(C)(C)C1=O)C(=O)Nc1ccc2c(c1)OCCO2. The van der Waals surface area contributed by atoms with E-state index in [0.29, 0.717) is 30.4 Å². The summed E-state index contributed by atoms with van der Waals surface area (Å²) in [5.74, 6) is -0.883. The van der Waals surface area contributed by atoms with Gasteiger partial charge in [-0.05, 0) is 32.9 Å². The summed E-state index contributed by atoms with van der Waals surface area (Å²) in [4.78, 5) is 49.0. The maximum Gasteiger partial charge on any atom is 0.327 e. The van der Waals surface area contributed by atoms with E-state index in [2.05, 4.69) is 10.6 Å². The number of nitrogens with one attached hydrogen (secondary N) is 2. The molecule has 0 saturated carbocycles. The molecule has 1 aromatic carbocycles. The maximum absolute atomic E-state index is 12.3. The standard InChI is InChI=1S/C18H21N3O7/c1-10(28-14(22)9-21-16(24)18(2,3)20-17(21)25)15(23)19-11-4-5-12-13(8-11)27-7-6-26-12/h4-5,8,10H,6-7,9H2,1-3H3,(H,19,23)(H,20,25)/t10-/m1/s1. The Balaban J connectivity index is 1.55. The van der Waals surface area contributed by atoms with Crippen molar-refractivity contribution >= 4 is 29.5 Å². The number of rotatable bonds is 5. The molecule has 3 rings (SSSR count). The molecule has 0 spiro atoms. The normalized spacial score (nSPS) is 18.3. The van der Waals surface area contributed by atoms with E-state index in [1.54, 1.807) is 18.2 Å². The summed E-state index contributed by atoms with van der Waals surface area (Å²) in [6.45, 7) is 4.75. The monoisotopic (exact) mass is 391 g/mol. The number of hydrogen-bond donors (Lipinski definition) is 2. The molecule has 150 valence electrons. The van der Waals surface area contributed by atoms with Gasteiger partial charge in [-0.3, -0.25) is 19.3 Å². The Kier molecular flexibility index (Phi) is 5.12. The van der Waals surface area contributed by atoms with Gasteiger partial charge in [0.1, 0.15) is 25.3 Å². The lowest BCUT2D eigenvalue weighted by Gasteiger charge is -2.20. The lowest BCUT2D eigenvalue weighted by molar-refractivity contribution is -0.155. The number of urea groups is 1. The van der Waals surface area contributed by atoms with Crippen molar-refractivity contribution in [3.63, 3.8) is 0 Å². The zero-order valence-corrected chi connectivity index (χ0v) is 15.7. The molecule has 0 bridgehead atoms. The van der Waals surface area contributed by atoms with Gasteiger partial charge in [-0.15, -0.1) is 0 Å². The lowest BCUT2D eigenvalue weighted by atomic mass is 10.1. The number of carbonyl (C=O) groups is 4. The van der Waals surface area contributed by atoms with Gasteiger partial charge in [-0.25, -0.2) is 4.79 Å². The Labute approximate surface area is 161 Å². The zero-order chi connectivity index (χ0) is 20.5. The third kappa shape index (κ3) is 4.00. The number of carbonyl (C=O) groups excluding carboxylic acids is 4. The highest BCUT2D eigenvalue weighted by atomic mass is 16.6. The highest BCUT2D eigenvalue weighted by Crippen LogP contribution is 2.32. The number of esters is 1. The Morgan fingerprint density at radius 2 is 1.93 bits per heavy atom. The van der Waals surface area contributed by atoms with Crippen LogP contribution in [0.3, 0.4) is 0 Å². The molecule has 1 aromatic rings. The summed E-state index contributed by atoms with van der Waals surface area (Å²) < 4.78 is 15.9. The summed E-state index contributed by atoms with van der Waals surface area (Å²) >= 11 is 0. The zero-order valence-electron chi connectivity index (χ0n) is 15.7. The molecule has 1 saturated heterocycles. The summed E-state index contributed by atoms with van der Waals surface area (Å²) in [6.07, 6.45) is -1.13. The summed E-state index contributed by atoms with van der Waals surface area (Å²) in [5, 5.41) is 5.07. The molecule has 2 aliphatic rings. The number of anilines is 1. The van der Waals surface area contributed by atoms with E-state index in [1.807, 2.05) is 0 Å². The molecule has 1 atom stereocenters. The minimum Gasteiger partial charge on any atom is -0.486 e. The third-order valence-electron chi connectivity index (χ3n) is 4.22. The number of amides is 4. The molecule has 0 aliphatic carbocycles. The summed E-state index contributed by atoms with van der Waals surface area (Å²) in [6, 6.07) is 4.23. The van der Waals surface area contributed by atoms with Gasteiger partial charge in [0, 0.05) is 11.8 Å². The first kappa shape index (κ1) is 19.5. The van der Waals surface area contributed by atoms with Crippen LogP contribution in [0.2, 0.25) is 0 Å². The molecule has 2 N–H and O–H groups in total. The largest absolute Gasteiger partial charge is 0.486 e. The fourth-order valence-electron chi connectivity index (χ4n) is 2.74. The molecule has 1 fully saturated rings. The van der Waals surface area contributed by atoms with E-state index in [-0.39, 0.29) is 0 Å². The molecular weight excluding hydrogens is 370 g/mol. The molecule has 4 amide bonds. The van der Waals surface area contributed by atoms with Gasteiger partial charge in [0.05, 0.1) is 0 Å². The van der Waals surface area contributed by atoms with E-state index in [4.69, 9.17) is 14.2 Å². The van der Waals surface area contributed by atoms with Crippen molar-refractivity contribution in [2.75, 3.05) is 25.1 Å². The Hall–Kier alpha value is -3.30. The smallest absolute Gasteiger partial charge is 0.327 e. The van der Waals surface area contributed by atoms with Crippen molar-refractivity contribution < 1.29 is 33.4 Å². The molecule has 2 heterocycles. The van der Waals surface area contributed by atoms with Gasteiger partial charge >= 0.3 is 12.0 Å². The van der Waals surface area contributed by atoms with E-state index < -0.39 is 42.0 Å². The second-order valence-corrected chi connectivity index (χ2v) is 6.93. The molecule has 2 aliphatic heterocycles. The first-order valence-corrected chi connectivity index (χ1v) is 8.71. The predicted molar refractivity (Wildman–Crippen MR) is 95.9 cm³/mol. The van der Waals surface area contributed by atoms with E-state index in [1.165, 1.54) is 20.8 Å². The minimum atomic E-state index is -1.13. The van der Waals surface area contributed by atoms with E-state index in [9.17, 15) is 19.2 Å². The summed E-state index contributed by atoms with van der Waals surface area (Å²) in [7, 11) is 0. The summed E-state index contributed by atoms with van der Waals surface area (Å²) in [5.41, 5.74) is -0.633. The van der Waals surface area contributed by atoms with Crippen LogP contribution in [0.15, 0.2) is 18.2 Å². The minimum absolute atomic E-state index is 0.415. The highest BCUT2D eigenvalue weighted by Gasteiger charge is 2.45. The van der Waals surface area contributed by atoms with Crippen molar-refractivity contribution in [1.82, 2.24) is 10.2 Å².